The Balaban J connectivity index is 1.10. The molecule has 6 rings (SSSR count). The van der Waals surface area contributed by atoms with Crippen molar-refractivity contribution in [3.8, 4) is 0 Å². The van der Waals surface area contributed by atoms with E-state index in [0.717, 1.165) is 82.0 Å². The molecular formula is C39H50ClFN4O6. The molecule has 1 aliphatic carbocycles. The maximum absolute atomic E-state index is 15.4. The maximum Gasteiger partial charge on any atom is 0.308 e. The molecule has 1 N–H and O–H groups in total. The van der Waals surface area contributed by atoms with Crippen molar-refractivity contribution in [1.82, 2.24) is 14.4 Å². The summed E-state index contributed by atoms with van der Waals surface area (Å²) in [6.45, 7) is 5.63. The van der Waals surface area contributed by atoms with Crippen LogP contribution in [0.5, 0.6) is 0 Å². The Hall–Kier alpha value is -3.35. The van der Waals surface area contributed by atoms with Crippen molar-refractivity contribution in [2.75, 3.05) is 44.7 Å². The van der Waals surface area contributed by atoms with E-state index in [1.54, 1.807) is 6.20 Å². The van der Waals surface area contributed by atoms with Gasteiger partial charge in [-0.15, -0.1) is 0 Å². The van der Waals surface area contributed by atoms with E-state index in [9.17, 15) is 14.4 Å². The highest BCUT2D eigenvalue weighted by molar-refractivity contribution is 6.34. The van der Waals surface area contributed by atoms with Gasteiger partial charge in [-0.25, -0.2) is 14.2 Å². The molecule has 276 valence electrons. The van der Waals surface area contributed by atoms with Crippen LogP contribution in [0.4, 0.5) is 10.1 Å². The monoisotopic (exact) mass is 724 g/mol. The van der Waals surface area contributed by atoms with Crippen molar-refractivity contribution in [1.29, 1.82) is 0 Å². The summed E-state index contributed by atoms with van der Waals surface area (Å²) in [5.41, 5.74) is 1.64. The molecule has 0 spiro atoms. The fourth-order valence-corrected chi connectivity index (χ4v) is 8.00. The SMILES string of the molecule is CCOC(=O)[C@H]1CC[C@H](OC(OCCC(=O)Cc2cc(Cl)c(NC(=O)c3cn(C)c4ccccc34)cc2F)(N2CCCCC2)N2CCCC2)CC1. The Morgan fingerprint density at radius 1 is 0.961 bits per heavy atom. The van der Waals surface area contributed by atoms with Gasteiger partial charge in [-0.1, -0.05) is 36.2 Å². The van der Waals surface area contributed by atoms with E-state index in [1.807, 2.05) is 42.8 Å². The van der Waals surface area contributed by atoms with Gasteiger partial charge in [-0.2, -0.15) is 0 Å². The zero-order chi connectivity index (χ0) is 36.0. The van der Waals surface area contributed by atoms with E-state index in [-0.39, 0.29) is 59.5 Å². The fraction of sp³-hybridized carbons (Fsp3) is 0.564. The molecule has 0 bridgehead atoms. The lowest BCUT2D eigenvalue weighted by Crippen LogP contribution is -2.65. The number of hydrogen-bond donors (Lipinski definition) is 1. The number of ether oxygens (including phenoxy) is 3. The molecule has 12 heteroatoms. The lowest BCUT2D eigenvalue weighted by molar-refractivity contribution is -0.404. The number of halogens is 2. The summed E-state index contributed by atoms with van der Waals surface area (Å²) < 4.78 is 36.2. The summed E-state index contributed by atoms with van der Waals surface area (Å²) in [5.74, 6) is -1.46. The lowest BCUT2D eigenvalue weighted by atomic mass is 9.87. The smallest absolute Gasteiger partial charge is 0.308 e. The van der Waals surface area contributed by atoms with Crippen LogP contribution >= 0.6 is 11.6 Å². The van der Waals surface area contributed by atoms with Crippen LogP contribution in [-0.2, 0) is 37.3 Å². The molecule has 51 heavy (non-hydrogen) atoms. The minimum Gasteiger partial charge on any atom is -0.466 e. The number of rotatable bonds is 14. The van der Waals surface area contributed by atoms with Crippen molar-refractivity contribution >= 4 is 45.9 Å². The highest BCUT2D eigenvalue weighted by Gasteiger charge is 2.49. The molecule has 3 heterocycles. The van der Waals surface area contributed by atoms with Gasteiger partial charge >= 0.3 is 5.97 Å². The Bertz CT molecular complexity index is 1700. The number of aryl methyl sites for hydroxylation is 1. The third kappa shape index (κ3) is 8.66. The number of nitrogens with one attached hydrogen (secondary N) is 1. The highest BCUT2D eigenvalue weighted by atomic mass is 35.5. The first-order valence-corrected chi connectivity index (χ1v) is 18.9. The number of anilines is 1. The minimum absolute atomic E-state index is 0.0685. The molecule has 0 radical (unpaired) electrons. The van der Waals surface area contributed by atoms with Gasteiger partial charge in [0.25, 0.3) is 11.9 Å². The average Bonchev–Trinajstić information content (AvgIpc) is 3.80. The molecule has 10 nitrogen and oxygen atoms in total. The largest absolute Gasteiger partial charge is 0.466 e. The summed E-state index contributed by atoms with van der Waals surface area (Å²) in [6.07, 6.45) is 9.71. The number of piperidine rings is 1. The van der Waals surface area contributed by atoms with E-state index in [0.29, 0.717) is 25.0 Å². The first kappa shape index (κ1) is 37.4. The van der Waals surface area contributed by atoms with Gasteiger partial charge in [0.05, 0.1) is 41.5 Å². The molecule has 1 unspecified atom stereocenters. The van der Waals surface area contributed by atoms with Gasteiger partial charge in [0.15, 0.2) is 0 Å². The second-order valence-electron chi connectivity index (χ2n) is 14.0. The Labute approximate surface area is 304 Å². The first-order valence-electron chi connectivity index (χ1n) is 18.5. The van der Waals surface area contributed by atoms with Crippen LogP contribution in [0.3, 0.4) is 0 Å². The molecule has 2 aromatic carbocycles. The van der Waals surface area contributed by atoms with Gasteiger partial charge in [0, 0.05) is 63.2 Å². The summed E-state index contributed by atoms with van der Waals surface area (Å²) in [7, 11) is 1.86. The van der Waals surface area contributed by atoms with Gasteiger partial charge in [0.1, 0.15) is 11.6 Å². The molecule has 3 aromatic rings. The quantitative estimate of drug-likeness (QED) is 0.139. The number of para-hydroxylation sites is 1. The van der Waals surface area contributed by atoms with E-state index >= 15 is 4.39 Å². The number of hydrogen-bond acceptors (Lipinski definition) is 8. The molecule has 3 aliphatic rings. The Kier molecular flexibility index (Phi) is 12.5. The number of esters is 1. The number of carbonyl (C=O) groups is 3. The van der Waals surface area contributed by atoms with Crippen molar-refractivity contribution in [2.45, 2.75) is 89.7 Å². The normalized spacial score (nSPS) is 21.4. The second kappa shape index (κ2) is 17.0. The second-order valence-corrected chi connectivity index (χ2v) is 14.4. The van der Waals surface area contributed by atoms with Gasteiger partial charge in [0.2, 0.25) is 0 Å². The first-order chi connectivity index (χ1) is 24.7. The van der Waals surface area contributed by atoms with Gasteiger partial charge in [-0.05, 0) is 82.1 Å². The molecule has 1 atom stereocenters. The van der Waals surface area contributed by atoms with Gasteiger partial charge < -0.3 is 24.1 Å². The van der Waals surface area contributed by atoms with Crippen molar-refractivity contribution in [3.63, 3.8) is 0 Å². The fourth-order valence-electron chi connectivity index (χ4n) is 7.77. The third-order valence-corrected chi connectivity index (χ3v) is 10.8. The molecule has 2 saturated heterocycles. The topological polar surface area (TPSA) is 102 Å². The average molecular weight is 725 g/mol. The summed E-state index contributed by atoms with van der Waals surface area (Å²) >= 11 is 6.52. The van der Waals surface area contributed by atoms with Gasteiger partial charge in [-0.3, -0.25) is 14.4 Å². The van der Waals surface area contributed by atoms with E-state index < -0.39 is 17.8 Å². The third-order valence-electron chi connectivity index (χ3n) is 10.5. The number of fused-ring (bicyclic) bond motifs is 1. The van der Waals surface area contributed by atoms with Crippen LogP contribution in [0, 0.1) is 11.7 Å². The van der Waals surface area contributed by atoms with Crippen LogP contribution in [0.2, 0.25) is 5.02 Å². The summed E-state index contributed by atoms with van der Waals surface area (Å²) in [5, 5.41) is 3.66. The molecular weight excluding hydrogens is 675 g/mol. The van der Waals surface area contributed by atoms with Crippen molar-refractivity contribution in [3.05, 3.63) is 64.6 Å². The zero-order valence-corrected chi connectivity index (χ0v) is 30.5. The lowest BCUT2D eigenvalue weighted by Gasteiger charge is -2.51. The standard InChI is InChI=1S/C39H50ClFN4O6/c1-3-49-38(48)27-13-15-30(16-14-27)51-39(45-20-9-10-21-45,44-18-7-4-8-19-44)50-22-17-29(46)23-28-24-33(40)35(25-34(28)41)42-37(47)32-26-43(2)36-12-6-5-11-31(32)36/h5-6,11-12,24-27,30H,3-4,7-10,13-23H2,1-2H3,(H,42,47)/t27-,30-,39?. The molecule has 3 fully saturated rings. The minimum atomic E-state index is -1.10. The number of carbonyl (C=O) groups excluding carboxylic acids is 3. The maximum atomic E-state index is 15.4. The van der Waals surface area contributed by atoms with Crippen LogP contribution < -0.4 is 5.32 Å². The van der Waals surface area contributed by atoms with Crippen LogP contribution in [0.25, 0.3) is 10.9 Å². The van der Waals surface area contributed by atoms with Crippen LogP contribution in [0.1, 0.15) is 87.1 Å². The predicted octanol–water partition coefficient (Wildman–Crippen LogP) is 7.07. The summed E-state index contributed by atoms with van der Waals surface area (Å²) in [6, 6.07) is 9.01. The summed E-state index contributed by atoms with van der Waals surface area (Å²) in [4.78, 5) is 43.4. The van der Waals surface area contributed by atoms with Crippen molar-refractivity contribution < 1.29 is 33.0 Å². The Morgan fingerprint density at radius 3 is 2.31 bits per heavy atom. The van der Waals surface area contributed by atoms with Crippen molar-refractivity contribution in [2.24, 2.45) is 13.0 Å². The number of amides is 1. The van der Waals surface area contributed by atoms with E-state index in [2.05, 4.69) is 15.1 Å². The number of benzene rings is 2. The number of ketones is 1. The van der Waals surface area contributed by atoms with Crippen LogP contribution in [-0.4, -0.2) is 83.6 Å². The highest BCUT2D eigenvalue weighted by Crippen LogP contribution is 2.37. The molecule has 1 amide bonds. The number of aromatic nitrogens is 1. The molecule has 2 aliphatic heterocycles. The molecule has 1 saturated carbocycles. The van der Waals surface area contributed by atoms with Crippen LogP contribution in [0.15, 0.2) is 42.6 Å². The molecule has 1 aromatic heterocycles. The number of likely N-dealkylation sites (tertiary alicyclic amines) is 2. The van der Waals surface area contributed by atoms with E-state index in [1.165, 1.54) is 12.1 Å². The Morgan fingerprint density at radius 2 is 1.63 bits per heavy atom. The number of nitrogens with zero attached hydrogens (tertiary/aromatic N) is 3. The number of Topliss-reactive ketones (excluding diaryl/α,β-unsaturated/α-hetero) is 1. The predicted molar refractivity (Wildman–Crippen MR) is 194 cm³/mol. The van der Waals surface area contributed by atoms with E-state index in [4.69, 9.17) is 25.8 Å². The zero-order valence-electron chi connectivity index (χ0n) is 29.8.